The summed E-state index contributed by atoms with van der Waals surface area (Å²) in [6, 6.07) is 8.10. The number of fused-ring (bicyclic) bond motifs is 2. The Morgan fingerprint density at radius 1 is 1.22 bits per heavy atom. The minimum Gasteiger partial charge on any atom is -0.359 e. The van der Waals surface area contributed by atoms with Crippen LogP contribution in [-0.4, -0.2) is 34.7 Å². The summed E-state index contributed by atoms with van der Waals surface area (Å²) in [4.78, 5) is 17.4. The molecule has 4 heterocycles. The topological polar surface area (TPSA) is 100 Å². The van der Waals surface area contributed by atoms with Gasteiger partial charge in [0.25, 0.3) is 0 Å². The van der Waals surface area contributed by atoms with E-state index in [0.29, 0.717) is 11.7 Å². The average Bonchev–Trinajstić information content (AvgIpc) is 3.32. The van der Waals surface area contributed by atoms with Gasteiger partial charge in [0.15, 0.2) is 5.82 Å². The summed E-state index contributed by atoms with van der Waals surface area (Å²) in [5, 5.41) is 12.0. The fraction of sp³-hybridized carbons (Fsp3) is 0.172. The molecule has 8 nitrogen and oxygen atoms in total. The molecule has 0 amide bonds. The number of nitrogens with zero attached hydrogens (tertiary/aromatic N) is 5. The Labute approximate surface area is 214 Å². The first-order chi connectivity index (χ1) is 18.0. The molecule has 0 spiro atoms. The summed E-state index contributed by atoms with van der Waals surface area (Å²) in [6.07, 6.45) is 13.9. The number of benzene rings is 1. The molecule has 1 aliphatic carbocycles. The van der Waals surface area contributed by atoms with Gasteiger partial charge in [0.2, 0.25) is 0 Å². The van der Waals surface area contributed by atoms with Crippen LogP contribution < -0.4 is 5.32 Å². The number of aromatic nitrogens is 7. The van der Waals surface area contributed by atoms with E-state index in [0.717, 1.165) is 61.7 Å². The highest BCUT2D eigenvalue weighted by molar-refractivity contribution is 5.95. The van der Waals surface area contributed by atoms with Crippen molar-refractivity contribution in [2.45, 2.75) is 26.7 Å². The number of allylic oxidation sites excluding steroid dienone is 5. The first-order valence-corrected chi connectivity index (χ1v) is 12.3. The molecule has 8 heteroatoms. The second kappa shape index (κ2) is 9.05. The van der Waals surface area contributed by atoms with Crippen molar-refractivity contribution in [2.24, 2.45) is 5.92 Å². The van der Waals surface area contributed by atoms with Gasteiger partial charge in [-0.15, -0.1) is 0 Å². The fourth-order valence-corrected chi connectivity index (χ4v) is 4.48. The maximum absolute atomic E-state index is 4.94. The lowest BCUT2D eigenvalue weighted by Crippen LogP contribution is -2.11. The number of H-pyrrole nitrogens is 2. The van der Waals surface area contributed by atoms with Gasteiger partial charge in [-0.3, -0.25) is 10.1 Å². The molecule has 1 saturated carbocycles. The molecule has 3 N–H and O–H groups in total. The number of hydrogen-bond acceptors (Lipinski definition) is 5. The largest absolute Gasteiger partial charge is 0.359 e. The number of para-hydroxylation sites is 1. The number of rotatable bonds is 8. The highest BCUT2D eigenvalue weighted by Crippen LogP contribution is 2.35. The Balaban J connectivity index is 1.39. The maximum Gasteiger partial charge on any atom is 0.159 e. The highest BCUT2D eigenvalue weighted by atomic mass is 15.1. The molecular weight excluding hydrogens is 460 g/mol. The molecule has 184 valence electrons. The molecule has 0 aliphatic heterocycles. The van der Waals surface area contributed by atoms with Crippen LogP contribution in [0.4, 0.5) is 0 Å². The number of pyridine rings is 1. The fourth-order valence-electron chi connectivity index (χ4n) is 4.48. The summed E-state index contributed by atoms with van der Waals surface area (Å²) in [7, 11) is 0. The van der Waals surface area contributed by atoms with Crippen LogP contribution in [0.5, 0.6) is 0 Å². The zero-order chi connectivity index (χ0) is 25.5. The van der Waals surface area contributed by atoms with E-state index in [1.54, 1.807) is 6.33 Å². The first kappa shape index (κ1) is 22.7. The third kappa shape index (κ3) is 4.27. The number of hydrogen-bond donors (Lipinski definition) is 3. The molecule has 1 fully saturated rings. The normalized spacial score (nSPS) is 14.4. The molecule has 6 rings (SSSR count). The van der Waals surface area contributed by atoms with Crippen molar-refractivity contribution in [3.8, 4) is 17.2 Å². The molecule has 1 aliphatic rings. The third-order valence-electron chi connectivity index (χ3n) is 6.67. The average molecular weight is 489 g/mol. The first-order valence-electron chi connectivity index (χ1n) is 12.3. The van der Waals surface area contributed by atoms with Gasteiger partial charge in [0.1, 0.15) is 11.2 Å². The van der Waals surface area contributed by atoms with Gasteiger partial charge in [0, 0.05) is 23.0 Å². The van der Waals surface area contributed by atoms with Gasteiger partial charge < -0.3 is 14.9 Å². The molecule has 1 aromatic carbocycles. The minimum atomic E-state index is 0.558. The van der Waals surface area contributed by atoms with E-state index in [1.807, 2.05) is 67.2 Å². The molecule has 0 saturated heterocycles. The van der Waals surface area contributed by atoms with Crippen LogP contribution >= 0.6 is 0 Å². The summed E-state index contributed by atoms with van der Waals surface area (Å²) in [6.45, 7) is 12.1. The van der Waals surface area contributed by atoms with Gasteiger partial charge >= 0.3 is 0 Å². The summed E-state index contributed by atoms with van der Waals surface area (Å²) >= 11 is 0. The molecule has 37 heavy (non-hydrogen) atoms. The van der Waals surface area contributed by atoms with Crippen LogP contribution in [-0.2, 0) is 0 Å². The third-order valence-corrected chi connectivity index (χ3v) is 6.67. The van der Waals surface area contributed by atoms with Crippen molar-refractivity contribution in [2.75, 3.05) is 0 Å². The molecular formula is C29H28N8. The van der Waals surface area contributed by atoms with E-state index < -0.39 is 0 Å². The van der Waals surface area contributed by atoms with E-state index in [2.05, 4.69) is 49.7 Å². The second-order valence-electron chi connectivity index (χ2n) is 9.34. The summed E-state index contributed by atoms with van der Waals surface area (Å²) < 4.78 is 1.99. The number of aryl methyl sites for hydroxylation is 1. The number of aromatic amines is 2. The van der Waals surface area contributed by atoms with Gasteiger partial charge in [-0.05, 0) is 68.5 Å². The van der Waals surface area contributed by atoms with Crippen LogP contribution in [0.15, 0.2) is 85.8 Å². The van der Waals surface area contributed by atoms with E-state index >= 15 is 0 Å². The lowest BCUT2D eigenvalue weighted by atomic mass is 10.1. The molecule has 5 aromatic rings. The van der Waals surface area contributed by atoms with Gasteiger partial charge in [-0.2, -0.15) is 5.10 Å². The Bertz CT molecular complexity index is 1720. The SMILES string of the molecule is C=C/C(=C\C(=C/C)c1cc2c(-c3nc4c(-n5cnc(C)c5)cccc4[nH]3)n[nH]c2cn1)NC(=C)C1CC1. The number of nitrogens with one attached hydrogen (secondary N) is 3. The number of imidazole rings is 2. The second-order valence-corrected chi connectivity index (χ2v) is 9.34. The van der Waals surface area contributed by atoms with Crippen LogP contribution in [0.2, 0.25) is 0 Å². The molecule has 0 bridgehead atoms. The molecule has 4 aromatic heterocycles. The zero-order valence-corrected chi connectivity index (χ0v) is 20.9. The maximum atomic E-state index is 4.94. The quantitative estimate of drug-likeness (QED) is 0.233. The Kier molecular flexibility index (Phi) is 5.56. The summed E-state index contributed by atoms with van der Waals surface area (Å²) in [5.74, 6) is 1.25. The van der Waals surface area contributed by atoms with E-state index in [9.17, 15) is 0 Å². The van der Waals surface area contributed by atoms with Gasteiger partial charge in [0.05, 0.1) is 40.6 Å². The van der Waals surface area contributed by atoms with Crippen LogP contribution in [0.1, 0.15) is 31.2 Å². The van der Waals surface area contributed by atoms with Gasteiger partial charge in [-0.25, -0.2) is 9.97 Å². The van der Waals surface area contributed by atoms with Crippen molar-refractivity contribution >= 4 is 27.5 Å². The smallest absolute Gasteiger partial charge is 0.159 e. The van der Waals surface area contributed by atoms with Gasteiger partial charge in [-0.1, -0.05) is 25.3 Å². The van der Waals surface area contributed by atoms with Crippen LogP contribution in [0.3, 0.4) is 0 Å². The van der Waals surface area contributed by atoms with E-state index in [4.69, 9.17) is 4.98 Å². The monoisotopic (exact) mass is 488 g/mol. The highest BCUT2D eigenvalue weighted by Gasteiger charge is 2.24. The Morgan fingerprint density at radius 2 is 2.08 bits per heavy atom. The molecule has 0 unspecified atom stereocenters. The van der Waals surface area contributed by atoms with Crippen molar-refractivity contribution in [1.82, 2.24) is 40.0 Å². The Morgan fingerprint density at radius 3 is 2.81 bits per heavy atom. The van der Waals surface area contributed by atoms with Crippen molar-refractivity contribution in [3.63, 3.8) is 0 Å². The standard InChI is InChI=1S/C29H28N8/c1-5-19(12-21(6-2)32-18(4)20-10-11-20)24-13-22-25(14-30-24)35-36-27(22)29-33-23-8-7-9-26(28(23)34-29)37-15-17(3)31-16-37/h5-9,12-16,20,32H,2,4,10-11H2,1,3H3,(H,33,34)(H,35,36)/b19-5+,21-12+. The van der Waals surface area contributed by atoms with Crippen molar-refractivity contribution < 1.29 is 0 Å². The van der Waals surface area contributed by atoms with Crippen molar-refractivity contribution in [1.29, 1.82) is 0 Å². The van der Waals surface area contributed by atoms with E-state index in [-0.39, 0.29) is 0 Å². The predicted molar refractivity (Wildman–Crippen MR) is 148 cm³/mol. The predicted octanol–water partition coefficient (Wildman–Crippen LogP) is 5.98. The zero-order valence-electron chi connectivity index (χ0n) is 20.9. The molecule has 0 radical (unpaired) electrons. The Hall–Kier alpha value is -4.72. The van der Waals surface area contributed by atoms with Crippen LogP contribution in [0.25, 0.3) is 44.7 Å². The lowest BCUT2D eigenvalue weighted by Gasteiger charge is -2.11. The lowest BCUT2D eigenvalue weighted by molar-refractivity contribution is 0.865. The van der Waals surface area contributed by atoms with Crippen molar-refractivity contribution in [3.05, 3.63) is 97.2 Å². The van der Waals surface area contributed by atoms with E-state index in [1.165, 1.54) is 12.8 Å². The molecule has 0 atom stereocenters. The minimum absolute atomic E-state index is 0.558. The van der Waals surface area contributed by atoms with Crippen LogP contribution in [0, 0.1) is 12.8 Å². The summed E-state index contributed by atoms with van der Waals surface area (Å²) in [5.41, 5.74) is 9.03.